The molecule has 0 saturated heterocycles. The van der Waals surface area contributed by atoms with Crippen molar-refractivity contribution in [3.05, 3.63) is 65.7 Å². The van der Waals surface area contributed by atoms with Crippen LogP contribution in [0.25, 0.3) is 11.3 Å². The third-order valence-corrected chi connectivity index (χ3v) is 4.75. The number of hydrogen-bond donors (Lipinski definition) is 2. The van der Waals surface area contributed by atoms with Crippen molar-refractivity contribution in [2.75, 3.05) is 10.6 Å². The molecule has 1 aliphatic carbocycles. The lowest BCUT2D eigenvalue weighted by Crippen LogP contribution is -2.15. The molecule has 0 unspecified atom stereocenters. The zero-order chi connectivity index (χ0) is 19.5. The van der Waals surface area contributed by atoms with E-state index in [1.807, 2.05) is 24.3 Å². The molecule has 2 N–H and O–H groups in total. The zero-order valence-corrected chi connectivity index (χ0v) is 15.6. The van der Waals surface area contributed by atoms with E-state index in [2.05, 4.69) is 22.7 Å². The fraction of sp³-hybridized carbons (Fsp3) is 0.227. The molecule has 0 bridgehead atoms. The minimum absolute atomic E-state index is 0.00604. The molecule has 3 aromatic rings. The van der Waals surface area contributed by atoms with Crippen LogP contribution in [0.5, 0.6) is 0 Å². The van der Waals surface area contributed by atoms with Crippen molar-refractivity contribution in [3.8, 4) is 11.3 Å². The van der Waals surface area contributed by atoms with Gasteiger partial charge >= 0.3 is 0 Å². The van der Waals surface area contributed by atoms with Gasteiger partial charge in [0.05, 0.1) is 0 Å². The molecule has 142 valence electrons. The van der Waals surface area contributed by atoms with E-state index in [-0.39, 0.29) is 23.6 Å². The Labute approximate surface area is 162 Å². The van der Waals surface area contributed by atoms with E-state index in [1.54, 1.807) is 30.3 Å². The molecular formula is C22H21N3O3. The van der Waals surface area contributed by atoms with E-state index in [0.717, 1.165) is 24.8 Å². The van der Waals surface area contributed by atoms with Gasteiger partial charge in [-0.1, -0.05) is 42.4 Å². The largest absolute Gasteiger partial charge is 0.338 e. The summed E-state index contributed by atoms with van der Waals surface area (Å²) in [4.78, 5) is 24.4. The van der Waals surface area contributed by atoms with Crippen molar-refractivity contribution >= 4 is 23.4 Å². The number of rotatable bonds is 6. The highest BCUT2D eigenvalue weighted by Gasteiger charge is 2.29. The average Bonchev–Trinajstić information content (AvgIpc) is 3.48. The highest BCUT2D eigenvalue weighted by atomic mass is 16.5. The standard InChI is InChI=1S/C22H21N3O3/c1-2-14-6-8-15(9-7-14)19-13-20(28-25-19)24-22(27)17-4-3-5-18(12-17)23-21(26)16-10-11-16/h3-9,12-13,16H,2,10-11H2,1H3,(H,23,26)(H,24,27). The van der Waals surface area contributed by atoms with Gasteiger partial charge in [-0.3, -0.25) is 14.9 Å². The molecule has 2 aromatic carbocycles. The summed E-state index contributed by atoms with van der Waals surface area (Å²) in [6.07, 6.45) is 2.84. The van der Waals surface area contributed by atoms with Gasteiger partial charge in [0, 0.05) is 28.8 Å². The van der Waals surface area contributed by atoms with Crippen LogP contribution in [0.15, 0.2) is 59.1 Å². The lowest BCUT2D eigenvalue weighted by molar-refractivity contribution is -0.117. The topological polar surface area (TPSA) is 84.2 Å². The number of aryl methyl sites for hydroxylation is 1. The van der Waals surface area contributed by atoms with Gasteiger partial charge < -0.3 is 9.84 Å². The fourth-order valence-electron chi connectivity index (χ4n) is 2.89. The van der Waals surface area contributed by atoms with Crippen LogP contribution in [0, 0.1) is 5.92 Å². The molecule has 1 aromatic heterocycles. The highest BCUT2D eigenvalue weighted by molar-refractivity contribution is 6.05. The first-order valence-corrected chi connectivity index (χ1v) is 9.40. The smallest absolute Gasteiger partial charge is 0.258 e. The Balaban J connectivity index is 1.43. The first-order chi connectivity index (χ1) is 13.6. The summed E-state index contributed by atoms with van der Waals surface area (Å²) in [5.41, 5.74) is 3.86. The van der Waals surface area contributed by atoms with Gasteiger partial charge in [-0.05, 0) is 43.0 Å². The lowest BCUT2D eigenvalue weighted by atomic mass is 10.1. The second-order valence-electron chi connectivity index (χ2n) is 6.93. The summed E-state index contributed by atoms with van der Waals surface area (Å²) in [6.45, 7) is 2.10. The second-order valence-corrected chi connectivity index (χ2v) is 6.93. The fourth-order valence-corrected chi connectivity index (χ4v) is 2.89. The molecule has 0 aliphatic heterocycles. The van der Waals surface area contributed by atoms with Crippen LogP contribution in [-0.2, 0) is 11.2 Å². The molecular weight excluding hydrogens is 354 g/mol. The van der Waals surface area contributed by atoms with Crippen molar-refractivity contribution in [1.82, 2.24) is 5.16 Å². The zero-order valence-electron chi connectivity index (χ0n) is 15.6. The van der Waals surface area contributed by atoms with E-state index >= 15 is 0 Å². The molecule has 1 heterocycles. The van der Waals surface area contributed by atoms with Crippen LogP contribution in [0.4, 0.5) is 11.6 Å². The molecule has 0 spiro atoms. The molecule has 2 amide bonds. The third kappa shape index (κ3) is 4.11. The summed E-state index contributed by atoms with van der Waals surface area (Å²) in [5.74, 6) is 0.0570. The number of hydrogen-bond acceptors (Lipinski definition) is 4. The third-order valence-electron chi connectivity index (χ3n) is 4.75. The first-order valence-electron chi connectivity index (χ1n) is 9.40. The molecule has 1 saturated carbocycles. The van der Waals surface area contributed by atoms with Crippen molar-refractivity contribution in [1.29, 1.82) is 0 Å². The number of carbonyl (C=O) groups excluding carboxylic acids is 2. The molecule has 6 heteroatoms. The Morgan fingerprint density at radius 3 is 2.57 bits per heavy atom. The summed E-state index contributed by atoms with van der Waals surface area (Å²) in [6, 6.07) is 16.6. The maximum Gasteiger partial charge on any atom is 0.258 e. The maximum atomic E-state index is 12.5. The van der Waals surface area contributed by atoms with Crippen molar-refractivity contribution in [2.24, 2.45) is 5.92 Å². The highest BCUT2D eigenvalue weighted by Crippen LogP contribution is 2.30. The normalized spacial score (nSPS) is 13.2. The number of carbonyl (C=O) groups is 2. The first kappa shape index (κ1) is 18.0. The van der Waals surface area contributed by atoms with Crippen molar-refractivity contribution < 1.29 is 14.1 Å². The van der Waals surface area contributed by atoms with Gasteiger partial charge in [-0.2, -0.15) is 0 Å². The number of benzene rings is 2. The minimum Gasteiger partial charge on any atom is -0.338 e. The molecule has 6 nitrogen and oxygen atoms in total. The van der Waals surface area contributed by atoms with Gasteiger partial charge in [0.15, 0.2) is 0 Å². The molecule has 1 aliphatic rings. The van der Waals surface area contributed by atoms with Gasteiger partial charge in [0.25, 0.3) is 5.91 Å². The summed E-state index contributed by atoms with van der Waals surface area (Å²) in [7, 11) is 0. The lowest BCUT2D eigenvalue weighted by Gasteiger charge is -2.06. The Hall–Kier alpha value is -3.41. The number of nitrogens with zero attached hydrogens (tertiary/aromatic N) is 1. The molecule has 0 radical (unpaired) electrons. The van der Waals surface area contributed by atoms with E-state index in [9.17, 15) is 9.59 Å². The Bertz CT molecular complexity index is 1000. The number of anilines is 2. The van der Waals surface area contributed by atoms with Crippen LogP contribution >= 0.6 is 0 Å². The number of nitrogens with one attached hydrogen (secondary N) is 2. The van der Waals surface area contributed by atoms with E-state index < -0.39 is 0 Å². The van der Waals surface area contributed by atoms with E-state index in [0.29, 0.717) is 16.9 Å². The van der Waals surface area contributed by atoms with Gasteiger partial charge in [-0.25, -0.2) is 0 Å². The molecule has 0 atom stereocenters. The van der Waals surface area contributed by atoms with Crippen LogP contribution < -0.4 is 10.6 Å². The van der Waals surface area contributed by atoms with Crippen LogP contribution in [0.3, 0.4) is 0 Å². The summed E-state index contributed by atoms with van der Waals surface area (Å²) >= 11 is 0. The van der Waals surface area contributed by atoms with Crippen molar-refractivity contribution in [2.45, 2.75) is 26.2 Å². The molecule has 1 fully saturated rings. The number of aromatic nitrogens is 1. The monoisotopic (exact) mass is 375 g/mol. The molecule has 4 rings (SSSR count). The Morgan fingerprint density at radius 2 is 1.86 bits per heavy atom. The van der Waals surface area contributed by atoms with Gasteiger partial charge in [0.2, 0.25) is 11.8 Å². The van der Waals surface area contributed by atoms with Crippen LogP contribution in [0.1, 0.15) is 35.7 Å². The molecule has 28 heavy (non-hydrogen) atoms. The summed E-state index contributed by atoms with van der Waals surface area (Å²) in [5, 5.41) is 9.57. The Morgan fingerprint density at radius 1 is 1.07 bits per heavy atom. The van der Waals surface area contributed by atoms with E-state index in [1.165, 1.54) is 5.56 Å². The van der Waals surface area contributed by atoms with Crippen LogP contribution in [0.2, 0.25) is 0 Å². The average molecular weight is 375 g/mol. The minimum atomic E-state index is -0.327. The van der Waals surface area contributed by atoms with Crippen LogP contribution in [-0.4, -0.2) is 17.0 Å². The van der Waals surface area contributed by atoms with Gasteiger partial charge in [-0.15, -0.1) is 0 Å². The predicted octanol–water partition coefficient (Wildman–Crippen LogP) is 4.50. The maximum absolute atomic E-state index is 12.5. The quantitative estimate of drug-likeness (QED) is 0.664. The number of amides is 2. The predicted molar refractivity (Wildman–Crippen MR) is 107 cm³/mol. The van der Waals surface area contributed by atoms with E-state index in [4.69, 9.17) is 4.52 Å². The van der Waals surface area contributed by atoms with Gasteiger partial charge in [0.1, 0.15) is 5.69 Å². The SMILES string of the molecule is CCc1ccc(-c2cc(NC(=O)c3cccc(NC(=O)C4CC4)c3)on2)cc1. The second kappa shape index (κ2) is 7.68. The summed E-state index contributed by atoms with van der Waals surface area (Å²) < 4.78 is 5.25. The Kier molecular flexibility index (Phi) is 4.93. The van der Waals surface area contributed by atoms with Crippen molar-refractivity contribution in [3.63, 3.8) is 0 Å².